The highest BCUT2D eigenvalue weighted by Gasteiger charge is 1.53. The summed E-state index contributed by atoms with van der Waals surface area (Å²) in [6, 6.07) is 0. The molecule has 0 amide bonds. The minimum absolute atomic E-state index is 0. The molecule has 0 rings (SSSR count). The molecule has 3 nitrogen and oxygen atoms in total. The maximum absolute atomic E-state index is 4.62. The Hall–Kier alpha value is -0.350. The third kappa shape index (κ3) is 81.1. The fourth-order valence-electron chi connectivity index (χ4n) is 0. The highest BCUT2D eigenvalue weighted by Crippen LogP contribution is 1.32. The van der Waals surface area contributed by atoms with E-state index in [1.807, 2.05) is 0 Å². The van der Waals surface area contributed by atoms with Crippen molar-refractivity contribution in [1.29, 1.82) is 0 Å². The van der Waals surface area contributed by atoms with E-state index in [1.165, 1.54) is 0 Å². The van der Waals surface area contributed by atoms with E-state index in [0.29, 0.717) is 0 Å². The van der Waals surface area contributed by atoms with Crippen molar-refractivity contribution in [2.24, 2.45) is 11.5 Å². The minimum atomic E-state index is 0. The van der Waals surface area contributed by atoms with Gasteiger partial charge in [0.1, 0.15) is 0 Å². The highest BCUT2D eigenvalue weighted by atomic mass is 32.1. The molecule has 0 fully saturated rings. The average Bonchev–Trinajstić information content (AvgIpc) is 0.811. The lowest BCUT2D eigenvalue weighted by Crippen LogP contribution is -2.18. The van der Waals surface area contributed by atoms with E-state index in [1.54, 1.807) is 0 Å². The largest absolute Gasteiger partial charge is 0.377 e. The summed E-state index contributed by atoms with van der Waals surface area (Å²) in [5.74, 6) is 0. The molecule has 0 atom stereocenters. The standard InChI is InChI=1S/CH4N2S.H3N/c2-1(3)4;/h(H4,2,3,4);1H3. The molecule has 0 unspecified atom stereocenters. The maximum Gasteiger partial charge on any atom is 0.160 e. The van der Waals surface area contributed by atoms with Crippen LogP contribution < -0.4 is 17.6 Å². The molecule has 0 saturated carbocycles. The minimum Gasteiger partial charge on any atom is -0.377 e. The molecule has 4 heteroatoms. The quantitative estimate of drug-likeness (QED) is 0.347. The molecule has 0 aliphatic carbocycles. The maximum atomic E-state index is 4.62. The Morgan fingerprint density at radius 2 is 1.40 bits per heavy atom. The first-order chi connectivity index (χ1) is 1.73. The molecule has 0 radical (unpaired) electrons. The predicted molar refractivity (Wildman–Crippen MR) is 26.0 cm³/mol. The molecule has 0 aromatic carbocycles. The number of hydrogen-bond donors (Lipinski definition) is 3. The van der Waals surface area contributed by atoms with E-state index in [0.717, 1.165) is 0 Å². The van der Waals surface area contributed by atoms with Gasteiger partial charge in [0.25, 0.3) is 0 Å². The molecule has 0 heterocycles. The van der Waals surface area contributed by atoms with Gasteiger partial charge in [0.05, 0.1) is 0 Å². The van der Waals surface area contributed by atoms with Crippen molar-refractivity contribution in [2.75, 3.05) is 0 Å². The zero-order valence-electron chi connectivity index (χ0n) is 2.77. The van der Waals surface area contributed by atoms with Crippen LogP contribution in [0.15, 0.2) is 0 Å². The Morgan fingerprint density at radius 3 is 1.40 bits per heavy atom. The average molecular weight is 93.2 g/mol. The van der Waals surface area contributed by atoms with Crippen LogP contribution in [0.4, 0.5) is 0 Å². The van der Waals surface area contributed by atoms with Crippen LogP contribution in [-0.2, 0) is 0 Å². The van der Waals surface area contributed by atoms with Gasteiger partial charge in [-0.05, 0) is 12.2 Å². The smallest absolute Gasteiger partial charge is 0.160 e. The second-order valence-corrected chi connectivity index (χ2v) is 0.874. The third-order valence-electron chi connectivity index (χ3n) is 0. The molecule has 0 aromatic heterocycles. The Bertz CT molecular complexity index is 29.9. The van der Waals surface area contributed by atoms with Crippen LogP contribution in [0.25, 0.3) is 0 Å². The lowest BCUT2D eigenvalue weighted by molar-refractivity contribution is 1.65. The summed E-state index contributed by atoms with van der Waals surface area (Å²) in [6.45, 7) is 0. The van der Waals surface area contributed by atoms with Gasteiger partial charge < -0.3 is 17.6 Å². The zero-order chi connectivity index (χ0) is 3.58. The second kappa shape index (κ2) is 3.65. The number of hydrogen-bond acceptors (Lipinski definition) is 2. The van der Waals surface area contributed by atoms with Crippen molar-refractivity contribution in [1.82, 2.24) is 6.15 Å². The Kier molecular flexibility index (Phi) is 6.44. The van der Waals surface area contributed by atoms with Crippen LogP contribution in [0.2, 0.25) is 0 Å². The Labute approximate surface area is 35.9 Å². The van der Waals surface area contributed by atoms with Gasteiger partial charge in [0.15, 0.2) is 5.11 Å². The van der Waals surface area contributed by atoms with Crippen molar-refractivity contribution in [2.45, 2.75) is 0 Å². The van der Waals surface area contributed by atoms with E-state index in [2.05, 4.69) is 23.7 Å². The molecule has 0 saturated heterocycles. The summed E-state index contributed by atoms with van der Waals surface area (Å²) in [5, 5.41) is 0.000000000000000222. The van der Waals surface area contributed by atoms with Crippen LogP contribution in [-0.4, -0.2) is 5.11 Å². The van der Waals surface area contributed by atoms with E-state index < -0.39 is 0 Å². The van der Waals surface area contributed by atoms with E-state index in [-0.39, 0.29) is 11.3 Å². The molecule has 0 aliphatic heterocycles. The lowest BCUT2D eigenvalue weighted by Gasteiger charge is -1.68. The van der Waals surface area contributed by atoms with Gasteiger partial charge in [-0.15, -0.1) is 0 Å². The molecular formula is CH7N3S. The van der Waals surface area contributed by atoms with Gasteiger partial charge in [0.2, 0.25) is 0 Å². The van der Waals surface area contributed by atoms with Crippen LogP contribution in [0.1, 0.15) is 0 Å². The number of nitrogens with two attached hydrogens (primary N) is 2. The molecule has 5 heavy (non-hydrogen) atoms. The van der Waals surface area contributed by atoms with Crippen molar-refractivity contribution < 1.29 is 0 Å². The molecule has 32 valence electrons. The van der Waals surface area contributed by atoms with Crippen LogP contribution in [0.5, 0.6) is 0 Å². The van der Waals surface area contributed by atoms with Crippen molar-refractivity contribution >= 4 is 17.3 Å². The summed E-state index contributed by atoms with van der Waals surface area (Å²) < 4.78 is 0. The fraction of sp³-hybridized carbons (Fsp3) is 0. The molecule has 0 spiro atoms. The highest BCUT2D eigenvalue weighted by molar-refractivity contribution is 7.80. The lowest BCUT2D eigenvalue weighted by atomic mass is 11.3. The summed E-state index contributed by atoms with van der Waals surface area (Å²) >= 11 is 4.09. The van der Waals surface area contributed by atoms with E-state index in [9.17, 15) is 0 Å². The van der Waals surface area contributed by atoms with Crippen molar-refractivity contribution in [3.05, 3.63) is 0 Å². The van der Waals surface area contributed by atoms with E-state index >= 15 is 0 Å². The predicted octanol–water partition coefficient (Wildman–Crippen LogP) is -0.649. The van der Waals surface area contributed by atoms with Crippen LogP contribution in [0, 0.1) is 0 Å². The first kappa shape index (κ1) is 8.82. The topological polar surface area (TPSA) is 87.0 Å². The molecule has 0 aromatic rings. The van der Waals surface area contributed by atoms with Gasteiger partial charge in [-0.2, -0.15) is 0 Å². The third-order valence-corrected chi connectivity index (χ3v) is 0. The van der Waals surface area contributed by atoms with Gasteiger partial charge in [-0.3, -0.25) is 0 Å². The number of thiocarbonyl (C=S) groups is 1. The summed E-state index contributed by atoms with van der Waals surface area (Å²) in [7, 11) is 0. The SMILES string of the molecule is N.NC(N)=S. The number of rotatable bonds is 0. The monoisotopic (exact) mass is 93.0 g/mol. The summed E-state index contributed by atoms with van der Waals surface area (Å²) in [6.07, 6.45) is 0. The summed E-state index contributed by atoms with van der Waals surface area (Å²) in [4.78, 5) is 0. The Balaban J connectivity index is 0. The second-order valence-electron chi connectivity index (χ2n) is 0.402. The van der Waals surface area contributed by atoms with Crippen LogP contribution >= 0.6 is 12.2 Å². The van der Waals surface area contributed by atoms with Gasteiger partial charge in [-0.25, -0.2) is 0 Å². The van der Waals surface area contributed by atoms with Crippen molar-refractivity contribution in [3.8, 4) is 0 Å². The normalized spacial score (nSPS) is 4.80. The van der Waals surface area contributed by atoms with Gasteiger partial charge >= 0.3 is 0 Å². The van der Waals surface area contributed by atoms with Crippen molar-refractivity contribution in [3.63, 3.8) is 0 Å². The first-order valence-corrected chi connectivity index (χ1v) is 1.19. The molecular weight excluding hydrogens is 86.1 g/mol. The van der Waals surface area contributed by atoms with Crippen LogP contribution in [0.3, 0.4) is 0 Å². The van der Waals surface area contributed by atoms with Gasteiger partial charge in [0, 0.05) is 0 Å². The molecule has 7 N–H and O–H groups in total. The summed E-state index contributed by atoms with van der Waals surface area (Å²) in [5.41, 5.74) is 9.24. The zero-order valence-corrected chi connectivity index (χ0v) is 3.59. The first-order valence-electron chi connectivity index (χ1n) is 0.781. The van der Waals surface area contributed by atoms with Gasteiger partial charge in [-0.1, -0.05) is 0 Å². The molecule has 0 bridgehead atoms. The Morgan fingerprint density at radius 1 is 1.40 bits per heavy atom. The fourth-order valence-corrected chi connectivity index (χ4v) is 0. The van der Waals surface area contributed by atoms with E-state index in [4.69, 9.17) is 0 Å². The molecule has 0 aliphatic rings.